The molecule has 0 bridgehead atoms. The quantitative estimate of drug-likeness (QED) is 0.163. The van der Waals surface area contributed by atoms with Crippen molar-refractivity contribution in [3.63, 3.8) is 0 Å². The molecule has 2 amide bonds. The van der Waals surface area contributed by atoms with Crippen molar-refractivity contribution in [3.05, 3.63) is 78.4 Å². The molecule has 1 aliphatic rings. The van der Waals surface area contributed by atoms with E-state index in [1.807, 2.05) is 36.4 Å². The Morgan fingerprint density at radius 3 is 2.00 bits per heavy atom. The second-order valence-electron chi connectivity index (χ2n) is 11.5. The summed E-state index contributed by atoms with van der Waals surface area (Å²) < 4.78 is 10.5. The number of carbonyl (C=O) groups excluding carboxylic acids is 2. The first kappa shape index (κ1) is 31.4. The molecule has 39 heavy (non-hydrogen) atoms. The third-order valence-corrected chi connectivity index (χ3v) is 24.4. The van der Waals surface area contributed by atoms with Crippen molar-refractivity contribution >= 4 is 36.0 Å². The van der Waals surface area contributed by atoms with Gasteiger partial charge >= 0.3 is 242 Å². The number of cyclic esters (lactones) is 1. The Morgan fingerprint density at radius 1 is 0.923 bits per heavy atom. The van der Waals surface area contributed by atoms with Gasteiger partial charge in [-0.25, -0.2) is 0 Å². The zero-order chi connectivity index (χ0) is 28.1. The topological polar surface area (TPSA) is 46.6 Å². The molecular formula is C34H49NO3Sn. The van der Waals surface area contributed by atoms with Gasteiger partial charge in [0, 0.05) is 0 Å². The molecule has 0 aliphatic carbocycles. The van der Waals surface area contributed by atoms with E-state index in [0.29, 0.717) is 12.8 Å². The first-order valence-corrected chi connectivity index (χ1v) is 23.3. The van der Waals surface area contributed by atoms with Crippen molar-refractivity contribution in [1.82, 2.24) is 4.90 Å². The summed E-state index contributed by atoms with van der Waals surface area (Å²) >= 11 is -2.71. The number of imide groups is 1. The normalized spacial score (nSPS) is 16.2. The molecular weight excluding hydrogens is 589 g/mol. The van der Waals surface area contributed by atoms with Crippen LogP contribution >= 0.6 is 0 Å². The van der Waals surface area contributed by atoms with Crippen LogP contribution in [0.15, 0.2) is 67.2 Å². The molecule has 1 aliphatic heterocycles. The van der Waals surface area contributed by atoms with Crippen molar-refractivity contribution in [2.45, 2.75) is 95.9 Å². The van der Waals surface area contributed by atoms with Gasteiger partial charge < -0.3 is 0 Å². The van der Waals surface area contributed by atoms with Crippen LogP contribution < -0.4 is 0 Å². The number of hydrogen-bond donors (Lipinski definition) is 0. The summed E-state index contributed by atoms with van der Waals surface area (Å²) in [5.74, 6) is -0.260. The maximum atomic E-state index is 14.4. The van der Waals surface area contributed by atoms with E-state index in [2.05, 4.69) is 51.6 Å². The molecule has 0 spiro atoms. The van der Waals surface area contributed by atoms with Gasteiger partial charge in [0.25, 0.3) is 0 Å². The second-order valence-corrected chi connectivity index (χ2v) is 25.5. The maximum absolute atomic E-state index is 14.4. The molecule has 212 valence electrons. The fraction of sp³-hybridized carbons (Fsp3) is 0.529. The van der Waals surface area contributed by atoms with E-state index in [4.69, 9.17) is 4.74 Å². The average molecular weight is 638 g/mol. The number of benzene rings is 2. The Balaban J connectivity index is 1.94. The van der Waals surface area contributed by atoms with E-state index in [1.165, 1.54) is 56.7 Å². The molecule has 0 saturated carbocycles. The van der Waals surface area contributed by atoms with Crippen LogP contribution in [-0.4, -0.2) is 47.9 Å². The van der Waals surface area contributed by atoms with Crippen LogP contribution in [-0.2, 0) is 16.0 Å². The standard InChI is InChI=1S/C22H22NO3.3C4H9.Sn/c1-16(19-11-7-4-8-12-19)13-17(2)21(24)23-20(15-26-22(23)25)14-18-9-5-3-6-10-18;3*1-3-4-2;/h3-12,17,20H,1-2,13-15H2;3*1,3-4H2,2H3;. The minimum absolute atomic E-state index is 0.0407. The number of allylic oxidation sites excluding steroid dienone is 1. The van der Waals surface area contributed by atoms with Crippen LogP contribution in [0.1, 0.15) is 76.8 Å². The number of unbranched alkanes of at least 4 members (excludes halogenated alkanes) is 3. The first-order chi connectivity index (χ1) is 18.9. The Bertz CT molecular complexity index is 1020. The van der Waals surface area contributed by atoms with Crippen molar-refractivity contribution in [3.8, 4) is 0 Å². The predicted molar refractivity (Wildman–Crippen MR) is 165 cm³/mol. The Labute approximate surface area is 241 Å². The van der Waals surface area contributed by atoms with Gasteiger partial charge in [-0.2, -0.15) is 0 Å². The number of rotatable bonds is 17. The Kier molecular flexibility index (Phi) is 13.1. The molecule has 2 aromatic rings. The van der Waals surface area contributed by atoms with Crippen molar-refractivity contribution < 1.29 is 14.3 Å². The van der Waals surface area contributed by atoms with E-state index in [-0.39, 0.29) is 24.5 Å². The fourth-order valence-electron chi connectivity index (χ4n) is 6.16. The summed E-state index contributed by atoms with van der Waals surface area (Å²) in [6, 6.07) is 20.1. The third-order valence-electron chi connectivity index (χ3n) is 8.40. The van der Waals surface area contributed by atoms with E-state index < -0.39 is 24.5 Å². The van der Waals surface area contributed by atoms with Gasteiger partial charge in [0.15, 0.2) is 0 Å². The fourth-order valence-corrected chi connectivity index (χ4v) is 23.4. The second kappa shape index (κ2) is 16.2. The van der Waals surface area contributed by atoms with Crippen LogP contribution in [0, 0.1) is 5.92 Å². The summed E-state index contributed by atoms with van der Waals surface area (Å²) in [5, 5.41) is 0. The predicted octanol–water partition coefficient (Wildman–Crippen LogP) is 9.15. The molecule has 2 aromatic carbocycles. The van der Waals surface area contributed by atoms with E-state index in [1.54, 1.807) is 0 Å². The van der Waals surface area contributed by atoms with Crippen LogP contribution in [0.4, 0.5) is 4.79 Å². The molecule has 1 saturated heterocycles. The number of hydrogen-bond acceptors (Lipinski definition) is 3. The zero-order valence-electron chi connectivity index (χ0n) is 24.5. The van der Waals surface area contributed by atoms with Gasteiger partial charge in [-0.1, -0.05) is 0 Å². The van der Waals surface area contributed by atoms with E-state index in [9.17, 15) is 9.59 Å². The molecule has 0 aromatic heterocycles. The summed E-state index contributed by atoms with van der Waals surface area (Å²) in [4.78, 5) is 29.0. The average Bonchev–Trinajstić information content (AvgIpc) is 3.33. The summed E-state index contributed by atoms with van der Waals surface area (Å²) in [6.07, 6.45) is 8.12. The molecule has 1 heterocycles. The number of carbonyl (C=O) groups is 2. The van der Waals surface area contributed by atoms with Crippen LogP contribution in [0.3, 0.4) is 0 Å². The van der Waals surface area contributed by atoms with Gasteiger partial charge in [0.05, 0.1) is 0 Å². The summed E-state index contributed by atoms with van der Waals surface area (Å²) in [5.41, 5.74) is 3.19. The molecule has 1 fully saturated rings. The molecule has 2 atom stereocenters. The van der Waals surface area contributed by atoms with Gasteiger partial charge in [-0.15, -0.1) is 0 Å². The van der Waals surface area contributed by atoms with Gasteiger partial charge in [-0.05, 0) is 0 Å². The van der Waals surface area contributed by atoms with Crippen molar-refractivity contribution in [1.29, 1.82) is 0 Å². The Hall–Kier alpha value is -2.08. The monoisotopic (exact) mass is 639 g/mol. The molecule has 0 N–H and O–H groups in total. The first-order valence-electron chi connectivity index (χ1n) is 15.2. The van der Waals surface area contributed by atoms with Gasteiger partial charge in [0.1, 0.15) is 0 Å². The van der Waals surface area contributed by atoms with Crippen LogP contribution in [0.2, 0.25) is 17.7 Å². The molecule has 0 radical (unpaired) electrons. The number of nitrogens with zero attached hydrogens (tertiary/aromatic N) is 1. The van der Waals surface area contributed by atoms with Crippen LogP contribution in [0.5, 0.6) is 0 Å². The minimum atomic E-state index is -2.71. The Morgan fingerprint density at radius 2 is 1.46 bits per heavy atom. The molecule has 3 rings (SSSR count). The zero-order valence-corrected chi connectivity index (χ0v) is 27.4. The van der Waals surface area contributed by atoms with Crippen LogP contribution in [0.25, 0.3) is 5.57 Å². The van der Waals surface area contributed by atoms with Crippen molar-refractivity contribution in [2.24, 2.45) is 5.92 Å². The van der Waals surface area contributed by atoms with E-state index in [0.717, 1.165) is 21.1 Å². The third kappa shape index (κ3) is 9.23. The van der Waals surface area contributed by atoms with Gasteiger partial charge in [0.2, 0.25) is 0 Å². The van der Waals surface area contributed by atoms with Gasteiger partial charge in [-0.3, -0.25) is 0 Å². The summed E-state index contributed by atoms with van der Waals surface area (Å²) in [6.45, 7) is 11.5. The number of ether oxygens (including phenoxy) is 1. The SMILES string of the molecule is C=C(CC([CH2][Sn]([CH2]CCC)([CH2]CCC)[CH2]CCC)C(=O)N1C(=O)OCC1Cc1ccccc1)c1ccccc1. The molecule has 2 unspecified atom stereocenters. The van der Waals surface area contributed by atoms with Crippen molar-refractivity contribution in [2.75, 3.05) is 6.61 Å². The van der Waals surface area contributed by atoms with E-state index >= 15 is 0 Å². The molecule has 5 heteroatoms. The molecule has 4 nitrogen and oxygen atoms in total. The summed E-state index contributed by atoms with van der Waals surface area (Å²) in [7, 11) is 0. The number of amides is 2.